The van der Waals surface area contributed by atoms with Crippen molar-refractivity contribution in [1.82, 2.24) is 4.98 Å². The minimum absolute atomic E-state index is 0.0885. The Morgan fingerprint density at radius 3 is 2.43 bits per heavy atom. The molecule has 1 unspecified atom stereocenters. The van der Waals surface area contributed by atoms with Crippen molar-refractivity contribution < 1.29 is 13.2 Å². The molecular formula is C23H22F3N3S. The summed E-state index contributed by atoms with van der Waals surface area (Å²) in [6.07, 6.45) is -3.11. The summed E-state index contributed by atoms with van der Waals surface area (Å²) in [6.45, 7) is 6.10. The molecule has 1 aromatic heterocycles. The number of hydrogen-bond donors (Lipinski definition) is 0. The molecule has 0 aliphatic heterocycles. The zero-order valence-corrected chi connectivity index (χ0v) is 17.9. The predicted octanol–water partition coefficient (Wildman–Crippen LogP) is 6.29. The van der Waals surface area contributed by atoms with E-state index in [1.165, 1.54) is 0 Å². The zero-order valence-electron chi connectivity index (χ0n) is 17.1. The Bertz CT molecular complexity index is 1040. The normalized spacial score (nSPS) is 16.5. The number of halogens is 3. The van der Waals surface area contributed by atoms with E-state index in [9.17, 15) is 23.7 Å². The van der Waals surface area contributed by atoms with Crippen LogP contribution in [0.15, 0.2) is 29.3 Å². The number of pyridine rings is 1. The summed E-state index contributed by atoms with van der Waals surface area (Å²) in [5.74, 6) is 0.368. The van der Waals surface area contributed by atoms with E-state index >= 15 is 0 Å². The Hall–Kier alpha value is -2.51. The standard InChI is InChI=1S/C23H22F3N3S/c1-22(2,3)16-8-9-19-17(10-16)20(23(24,25)26)18(12-28)21(29-19)30-13-15-7-5-4-6-14(15)11-27/h4-7,16H,8-10,13H2,1-3H3. The molecule has 156 valence electrons. The SMILES string of the molecule is CC(C)(C)C1CCc2nc(SCc3ccccc3C#N)c(C#N)c(C(F)(F)F)c2C1. The minimum Gasteiger partial charge on any atom is -0.245 e. The van der Waals surface area contributed by atoms with Gasteiger partial charge < -0.3 is 0 Å². The molecule has 2 aromatic rings. The lowest BCUT2D eigenvalue weighted by molar-refractivity contribution is -0.139. The second-order valence-corrected chi connectivity index (χ2v) is 9.53. The lowest BCUT2D eigenvalue weighted by Gasteiger charge is -2.36. The van der Waals surface area contributed by atoms with Crippen molar-refractivity contribution >= 4 is 11.8 Å². The van der Waals surface area contributed by atoms with Crippen molar-refractivity contribution in [3.63, 3.8) is 0 Å². The first-order valence-electron chi connectivity index (χ1n) is 9.70. The van der Waals surface area contributed by atoms with Crippen LogP contribution in [0.1, 0.15) is 60.7 Å². The third-order valence-electron chi connectivity index (χ3n) is 5.65. The van der Waals surface area contributed by atoms with Crippen molar-refractivity contribution in [2.45, 2.75) is 57.0 Å². The summed E-state index contributed by atoms with van der Waals surface area (Å²) >= 11 is 1.08. The Morgan fingerprint density at radius 1 is 1.13 bits per heavy atom. The quantitative estimate of drug-likeness (QED) is 0.538. The van der Waals surface area contributed by atoms with Crippen LogP contribution in [0.3, 0.4) is 0 Å². The number of aromatic nitrogens is 1. The number of rotatable bonds is 3. The van der Waals surface area contributed by atoms with Crippen molar-refractivity contribution in [3.05, 3.63) is 57.8 Å². The van der Waals surface area contributed by atoms with Crippen LogP contribution in [-0.4, -0.2) is 4.98 Å². The predicted molar refractivity (Wildman–Crippen MR) is 110 cm³/mol. The van der Waals surface area contributed by atoms with Gasteiger partial charge in [0.25, 0.3) is 0 Å². The van der Waals surface area contributed by atoms with Gasteiger partial charge in [-0.25, -0.2) is 4.98 Å². The lowest BCUT2D eigenvalue weighted by atomic mass is 9.70. The van der Waals surface area contributed by atoms with Gasteiger partial charge in [0.1, 0.15) is 11.1 Å². The molecule has 3 rings (SSSR count). The fraction of sp³-hybridized carbons (Fsp3) is 0.435. The number of alkyl halides is 3. The van der Waals surface area contributed by atoms with Crippen molar-refractivity contribution in [2.24, 2.45) is 11.3 Å². The van der Waals surface area contributed by atoms with Gasteiger partial charge in [-0.3, -0.25) is 0 Å². The topological polar surface area (TPSA) is 60.5 Å². The summed E-state index contributed by atoms with van der Waals surface area (Å²) in [6, 6.07) is 10.8. The molecule has 0 radical (unpaired) electrons. The van der Waals surface area contributed by atoms with E-state index in [1.807, 2.05) is 20.8 Å². The van der Waals surface area contributed by atoms with Crippen LogP contribution in [0, 0.1) is 34.0 Å². The van der Waals surface area contributed by atoms with Crippen LogP contribution in [-0.2, 0) is 24.8 Å². The van der Waals surface area contributed by atoms with Crippen LogP contribution < -0.4 is 0 Å². The number of nitrogens with zero attached hydrogens (tertiary/aromatic N) is 3. The van der Waals surface area contributed by atoms with Gasteiger partial charge in [0.2, 0.25) is 0 Å². The molecule has 0 spiro atoms. The van der Waals surface area contributed by atoms with E-state index < -0.39 is 17.3 Å². The lowest BCUT2D eigenvalue weighted by Crippen LogP contribution is -2.30. The molecule has 0 saturated heterocycles. The average Bonchev–Trinajstić information content (AvgIpc) is 2.69. The molecular weight excluding hydrogens is 407 g/mol. The average molecular weight is 430 g/mol. The number of nitriles is 2. The van der Waals surface area contributed by atoms with Gasteiger partial charge in [-0.1, -0.05) is 39.0 Å². The van der Waals surface area contributed by atoms with Crippen LogP contribution in [0.25, 0.3) is 0 Å². The maximum Gasteiger partial charge on any atom is 0.418 e. The number of hydrogen-bond acceptors (Lipinski definition) is 4. The Labute approximate surface area is 178 Å². The summed E-state index contributed by atoms with van der Waals surface area (Å²) in [5.41, 5.74) is 0.419. The van der Waals surface area contributed by atoms with Crippen molar-refractivity contribution in [1.29, 1.82) is 10.5 Å². The Morgan fingerprint density at radius 2 is 1.83 bits per heavy atom. The molecule has 0 amide bonds. The van der Waals surface area contributed by atoms with Gasteiger partial charge in [0.05, 0.1) is 22.8 Å². The molecule has 30 heavy (non-hydrogen) atoms. The fourth-order valence-electron chi connectivity index (χ4n) is 3.90. The molecule has 0 bridgehead atoms. The fourth-order valence-corrected chi connectivity index (χ4v) is 4.91. The summed E-state index contributed by atoms with van der Waals surface area (Å²) in [7, 11) is 0. The summed E-state index contributed by atoms with van der Waals surface area (Å²) < 4.78 is 42.2. The highest BCUT2D eigenvalue weighted by Gasteiger charge is 2.42. The number of benzene rings is 1. The molecule has 1 aromatic carbocycles. The molecule has 1 aliphatic carbocycles. The molecule has 1 heterocycles. The maximum absolute atomic E-state index is 14.1. The number of aryl methyl sites for hydroxylation is 1. The number of fused-ring (bicyclic) bond motifs is 1. The highest BCUT2D eigenvalue weighted by atomic mass is 32.2. The molecule has 0 saturated carbocycles. The van der Waals surface area contributed by atoms with Crippen LogP contribution in [0.4, 0.5) is 13.2 Å². The molecule has 1 aliphatic rings. The van der Waals surface area contributed by atoms with Gasteiger partial charge in [-0.05, 0) is 47.8 Å². The third-order valence-corrected chi connectivity index (χ3v) is 6.68. The Balaban J connectivity index is 2.06. The highest BCUT2D eigenvalue weighted by molar-refractivity contribution is 7.98. The van der Waals surface area contributed by atoms with E-state index in [0.717, 1.165) is 18.2 Å². The third kappa shape index (κ3) is 4.47. The van der Waals surface area contributed by atoms with Crippen molar-refractivity contribution in [2.75, 3.05) is 0 Å². The minimum atomic E-state index is -4.63. The van der Waals surface area contributed by atoms with Crippen LogP contribution in [0.5, 0.6) is 0 Å². The molecule has 0 N–H and O–H groups in total. The van der Waals surface area contributed by atoms with E-state index in [1.54, 1.807) is 30.3 Å². The second kappa shape index (κ2) is 8.32. The van der Waals surface area contributed by atoms with Gasteiger partial charge in [0.15, 0.2) is 0 Å². The van der Waals surface area contributed by atoms with E-state index in [2.05, 4.69) is 11.1 Å². The molecule has 0 fully saturated rings. The maximum atomic E-state index is 14.1. The molecule has 3 nitrogen and oxygen atoms in total. The van der Waals surface area contributed by atoms with Crippen LogP contribution >= 0.6 is 11.8 Å². The first-order valence-corrected chi connectivity index (χ1v) is 10.7. The largest absolute Gasteiger partial charge is 0.418 e. The molecule has 7 heteroatoms. The van der Waals surface area contributed by atoms with Gasteiger partial charge in [0, 0.05) is 11.4 Å². The van der Waals surface area contributed by atoms with E-state index in [-0.39, 0.29) is 34.1 Å². The monoisotopic (exact) mass is 429 g/mol. The first kappa shape index (κ1) is 22.2. The second-order valence-electron chi connectivity index (χ2n) is 8.57. The highest BCUT2D eigenvalue weighted by Crippen LogP contribution is 2.45. The van der Waals surface area contributed by atoms with E-state index in [0.29, 0.717) is 23.2 Å². The summed E-state index contributed by atoms with van der Waals surface area (Å²) in [4.78, 5) is 4.50. The first-order chi connectivity index (χ1) is 14.1. The molecule has 1 atom stereocenters. The zero-order chi connectivity index (χ0) is 22.1. The van der Waals surface area contributed by atoms with Crippen LogP contribution in [0.2, 0.25) is 0 Å². The smallest absolute Gasteiger partial charge is 0.245 e. The number of thioether (sulfide) groups is 1. The van der Waals surface area contributed by atoms with Gasteiger partial charge >= 0.3 is 6.18 Å². The van der Waals surface area contributed by atoms with Crippen molar-refractivity contribution in [3.8, 4) is 12.1 Å². The van der Waals surface area contributed by atoms with E-state index in [4.69, 9.17) is 0 Å². The van der Waals surface area contributed by atoms with Gasteiger partial charge in [-0.2, -0.15) is 23.7 Å². The van der Waals surface area contributed by atoms with Gasteiger partial charge in [-0.15, -0.1) is 11.8 Å². The Kier molecular flexibility index (Phi) is 6.15. The summed E-state index contributed by atoms with van der Waals surface area (Å²) in [5, 5.41) is 19.0.